The van der Waals surface area contributed by atoms with Crippen LogP contribution in [0, 0.1) is 104 Å². The number of nitrogens with zero attached hydrogens (tertiary/aromatic N) is 1. The molecule has 8 saturated carbocycles. The molecule has 0 aromatic rings. The Morgan fingerprint density at radius 2 is 1.12 bits per heavy atom. The maximum Gasteiger partial charge on any atom is 0.286 e. The molecule has 8 rings (SSSR count). The first-order valence-electron chi connectivity index (χ1n) is 28.2. The Morgan fingerprint density at radius 1 is 0.672 bits per heavy atom. The number of nitriles is 1. The molecule has 384 valence electrons. The van der Waals surface area contributed by atoms with Gasteiger partial charge in [0.2, 0.25) is 11.8 Å². The fourth-order valence-corrected chi connectivity index (χ4v) is 21.2. The highest BCUT2D eigenvalue weighted by Crippen LogP contribution is 2.70. The lowest BCUT2D eigenvalue weighted by Gasteiger charge is -2.61. The summed E-state index contributed by atoms with van der Waals surface area (Å²) in [4.78, 5) is 23.6. The van der Waals surface area contributed by atoms with E-state index < -0.39 is 8.32 Å². The summed E-state index contributed by atoms with van der Waals surface area (Å²) in [5.74, 6) is 10.2. The van der Waals surface area contributed by atoms with Gasteiger partial charge in [-0.25, -0.2) is 0 Å². The molecule has 0 unspecified atom stereocenters. The van der Waals surface area contributed by atoms with Crippen molar-refractivity contribution in [1.82, 2.24) is 10.6 Å². The van der Waals surface area contributed by atoms with Crippen LogP contribution in [0.5, 0.6) is 0 Å². The largest absolute Gasteiger partial charge is 0.428 e. The van der Waals surface area contributed by atoms with Crippen LogP contribution in [0.2, 0.25) is 19.1 Å². The van der Waals surface area contributed by atoms with Crippen LogP contribution in [0.15, 0.2) is 0 Å². The number of amides is 2. The molecule has 0 radical (unpaired) electrons. The van der Waals surface area contributed by atoms with Crippen molar-refractivity contribution in [2.24, 2.45) is 98.4 Å². The van der Waals surface area contributed by atoms with Gasteiger partial charge >= 0.3 is 0 Å². The van der Waals surface area contributed by atoms with E-state index in [9.17, 15) is 14.7 Å². The molecule has 8 fully saturated rings. The SMILES string of the molecule is CN.CNC(=O)CC[C@@H](C)[C@H]1CC[C@H]2[C@@H]3CC[C@@H]4C[C@H](O)CC[C@]4(C)[C@H]3CC[C@]12C.CNC(=O)CC[C@@H](C)[C@H]1CC[C@H]2[C@@H]3CC[C@@H]4C[C@H](O[Si](C)(C)CCCOC#N)CC[C@]4(C)[C@H]3CC[C@]12C. The molecule has 8 aliphatic carbocycles. The Hall–Kier alpha value is -1.67. The Bertz CT molecular complexity index is 1670. The third kappa shape index (κ3) is 11.4. The molecule has 0 heterocycles. The first-order valence-corrected chi connectivity index (χ1v) is 31.3. The van der Waals surface area contributed by atoms with Crippen molar-refractivity contribution in [3.8, 4) is 6.26 Å². The van der Waals surface area contributed by atoms with E-state index in [0.717, 1.165) is 97.3 Å². The van der Waals surface area contributed by atoms with Crippen molar-refractivity contribution in [2.75, 3.05) is 27.7 Å². The van der Waals surface area contributed by atoms with Crippen LogP contribution in [0.1, 0.15) is 189 Å². The van der Waals surface area contributed by atoms with Gasteiger partial charge in [-0.2, -0.15) is 5.26 Å². The van der Waals surface area contributed by atoms with Crippen LogP contribution in [-0.2, 0) is 18.8 Å². The molecular weight excluding hydrogens is 849 g/mol. The monoisotopic (exact) mass is 951 g/mol. The lowest BCUT2D eigenvalue weighted by molar-refractivity contribution is -0.129. The average Bonchev–Trinajstić information content (AvgIpc) is 3.86. The summed E-state index contributed by atoms with van der Waals surface area (Å²) in [7, 11) is 3.28. The van der Waals surface area contributed by atoms with E-state index in [1.807, 2.05) is 0 Å². The van der Waals surface area contributed by atoms with E-state index in [0.29, 0.717) is 59.0 Å². The average molecular weight is 952 g/mol. The summed E-state index contributed by atoms with van der Waals surface area (Å²) in [5.41, 5.74) is 6.42. The quantitative estimate of drug-likeness (QED) is 0.0770. The van der Waals surface area contributed by atoms with Gasteiger partial charge in [-0.15, -0.1) is 0 Å². The number of carbonyl (C=O) groups excluding carboxylic acids is 2. The summed E-state index contributed by atoms with van der Waals surface area (Å²) in [6.07, 6.45) is 30.4. The summed E-state index contributed by atoms with van der Waals surface area (Å²) >= 11 is 0. The summed E-state index contributed by atoms with van der Waals surface area (Å²) < 4.78 is 11.7. The van der Waals surface area contributed by atoms with Gasteiger partial charge < -0.3 is 30.6 Å². The van der Waals surface area contributed by atoms with E-state index in [2.05, 4.69) is 71.0 Å². The molecule has 8 aliphatic rings. The van der Waals surface area contributed by atoms with E-state index in [1.54, 1.807) is 20.4 Å². The number of fused-ring (bicyclic) bond motifs is 10. The van der Waals surface area contributed by atoms with Gasteiger partial charge in [-0.3, -0.25) is 9.59 Å². The Kier molecular flexibility index (Phi) is 18.6. The van der Waals surface area contributed by atoms with Crippen LogP contribution < -0.4 is 16.4 Å². The van der Waals surface area contributed by atoms with Crippen molar-refractivity contribution in [2.45, 2.75) is 221 Å². The first kappa shape index (κ1) is 54.7. The number of aliphatic hydroxyl groups excluding tert-OH is 1. The van der Waals surface area contributed by atoms with Crippen molar-refractivity contribution in [1.29, 1.82) is 5.26 Å². The zero-order valence-electron chi connectivity index (χ0n) is 44.9. The molecule has 0 aromatic carbocycles. The van der Waals surface area contributed by atoms with Crippen LogP contribution in [0.3, 0.4) is 0 Å². The van der Waals surface area contributed by atoms with Crippen LogP contribution in [0.4, 0.5) is 0 Å². The number of hydrogen-bond donors (Lipinski definition) is 4. The number of hydrogen-bond acceptors (Lipinski definition) is 7. The fourth-order valence-electron chi connectivity index (χ4n) is 19.0. The first-order chi connectivity index (χ1) is 31.8. The molecule has 10 heteroatoms. The van der Waals surface area contributed by atoms with E-state index in [-0.39, 0.29) is 17.9 Å². The summed E-state index contributed by atoms with van der Waals surface area (Å²) in [6, 6.07) is 1.07. The minimum absolute atomic E-state index is 0.0412. The molecule has 5 N–H and O–H groups in total. The van der Waals surface area contributed by atoms with Gasteiger partial charge in [-0.1, -0.05) is 41.5 Å². The van der Waals surface area contributed by atoms with E-state index in [4.69, 9.17) is 14.4 Å². The van der Waals surface area contributed by atoms with Gasteiger partial charge in [0.1, 0.15) is 6.61 Å². The zero-order chi connectivity index (χ0) is 49.0. The predicted molar refractivity (Wildman–Crippen MR) is 275 cm³/mol. The van der Waals surface area contributed by atoms with Crippen LogP contribution >= 0.6 is 0 Å². The fraction of sp³-hybridized carbons (Fsp3) is 0.947. The number of nitrogens with two attached hydrogens (primary N) is 1. The minimum atomic E-state index is -1.73. The molecule has 18 atom stereocenters. The number of carbonyl (C=O) groups is 2. The van der Waals surface area contributed by atoms with Gasteiger partial charge in [0.15, 0.2) is 8.32 Å². The van der Waals surface area contributed by atoms with Crippen molar-refractivity contribution >= 4 is 20.1 Å². The minimum Gasteiger partial charge on any atom is -0.428 e. The second kappa shape index (κ2) is 22.8. The number of ether oxygens (including phenoxy) is 1. The lowest BCUT2D eigenvalue weighted by Crippen LogP contribution is -2.55. The lowest BCUT2D eigenvalue weighted by atomic mass is 9.44. The Balaban J connectivity index is 0.000000220. The predicted octanol–water partition coefficient (Wildman–Crippen LogP) is 12.0. The van der Waals surface area contributed by atoms with Crippen LogP contribution in [-0.4, -0.2) is 65.2 Å². The third-order valence-electron chi connectivity index (χ3n) is 22.6. The number of rotatable bonds is 14. The number of aliphatic hydroxyl groups is 1. The van der Waals surface area contributed by atoms with Gasteiger partial charge in [0, 0.05) is 33.0 Å². The van der Waals surface area contributed by atoms with Gasteiger partial charge in [0.05, 0.1) is 6.10 Å². The topological polar surface area (TPSA) is 147 Å². The van der Waals surface area contributed by atoms with E-state index >= 15 is 0 Å². The molecule has 0 bridgehead atoms. The highest BCUT2D eigenvalue weighted by molar-refractivity contribution is 6.71. The second-order valence-corrected chi connectivity index (χ2v) is 30.1. The molecule has 0 aliphatic heterocycles. The highest BCUT2D eigenvalue weighted by Gasteiger charge is 2.62. The molecule has 2 amide bonds. The Morgan fingerprint density at radius 3 is 1.60 bits per heavy atom. The van der Waals surface area contributed by atoms with Crippen molar-refractivity contribution in [3.05, 3.63) is 0 Å². The van der Waals surface area contributed by atoms with Crippen LogP contribution in [0.25, 0.3) is 0 Å². The Labute approximate surface area is 411 Å². The molecule has 9 nitrogen and oxygen atoms in total. The molecule has 0 aromatic heterocycles. The van der Waals surface area contributed by atoms with Crippen molar-refractivity contribution in [3.63, 3.8) is 0 Å². The third-order valence-corrected chi connectivity index (χ3v) is 25.1. The normalized spacial score (nSPS) is 42.6. The molecule has 0 saturated heterocycles. The summed E-state index contributed by atoms with van der Waals surface area (Å²) in [5, 5.41) is 24.4. The van der Waals surface area contributed by atoms with E-state index in [1.165, 1.54) is 110 Å². The second-order valence-electron chi connectivity index (χ2n) is 25.9. The van der Waals surface area contributed by atoms with Crippen molar-refractivity contribution < 1.29 is 23.9 Å². The highest BCUT2D eigenvalue weighted by atomic mass is 28.4. The smallest absolute Gasteiger partial charge is 0.286 e. The maximum absolute atomic E-state index is 11.9. The van der Waals surface area contributed by atoms with Gasteiger partial charge in [-0.05, 0) is 254 Å². The molecule has 0 spiro atoms. The maximum atomic E-state index is 11.9. The standard InChI is InChI=1S/C31H54N2O3Si.C25H43NO2.CH5N/c1-22(8-13-29(34)33-4)26-11-12-27-25-10-9-23-20-24(36-37(5,6)19-7-18-35-21-32)14-16-30(23,2)28(25)15-17-31(26,27)3;1-16(5-10-23(28)26-4)20-8-9-21-19-7-6-17-15-18(27)11-13-24(17,2)22(19)12-14-25(20,21)3;1-2/h22-28H,7-20H2,1-6H3,(H,33,34);16-22,27H,5-15H2,1-4H3,(H,26,28);2H2,1H3/t22-,23-,24-,25+,26-,27+,28+,30+,31-;16-,17-,18-,19+,20-,21+,22+,24+,25-;/m11./s1. The van der Waals surface area contributed by atoms with Gasteiger partial charge in [0.25, 0.3) is 6.26 Å². The zero-order valence-corrected chi connectivity index (χ0v) is 45.9. The summed E-state index contributed by atoms with van der Waals surface area (Å²) in [6.45, 7) is 20.5. The number of nitrogens with one attached hydrogen (secondary N) is 2. The molecule has 67 heavy (non-hydrogen) atoms. The molecular formula is C57H102N4O5Si.